The van der Waals surface area contributed by atoms with Crippen LogP contribution in [0.1, 0.15) is 18.7 Å². The number of likely N-dealkylation sites (tertiary alicyclic amines) is 1. The van der Waals surface area contributed by atoms with Crippen LogP contribution in [-0.4, -0.2) is 52.4 Å². The molecule has 3 rings (SSSR count). The third-order valence-electron chi connectivity index (χ3n) is 4.66. The van der Waals surface area contributed by atoms with Crippen LogP contribution >= 0.6 is 23.2 Å². The Balaban J connectivity index is 1.45. The number of aryl methyl sites for hydroxylation is 1. The summed E-state index contributed by atoms with van der Waals surface area (Å²) >= 11 is 12.0. The summed E-state index contributed by atoms with van der Waals surface area (Å²) in [6, 6.07) is 5.29. The fraction of sp³-hybridized carbons (Fsp3) is 0.500. The molecule has 1 aromatic heterocycles. The van der Waals surface area contributed by atoms with Gasteiger partial charge in [0.1, 0.15) is 17.9 Å². The topological polar surface area (TPSA) is 67.6 Å². The van der Waals surface area contributed by atoms with E-state index in [2.05, 4.69) is 25.3 Å². The van der Waals surface area contributed by atoms with Crippen LogP contribution in [0.3, 0.4) is 0 Å². The molecule has 7 nitrogen and oxygen atoms in total. The molecule has 1 saturated heterocycles. The van der Waals surface area contributed by atoms with Gasteiger partial charge in [-0.05, 0) is 37.0 Å². The van der Waals surface area contributed by atoms with E-state index in [0.717, 1.165) is 43.5 Å². The normalized spacial score (nSPS) is 15.9. The average molecular weight is 411 g/mol. The van der Waals surface area contributed by atoms with E-state index >= 15 is 0 Å². The zero-order valence-electron chi connectivity index (χ0n) is 15.5. The van der Waals surface area contributed by atoms with Crippen LogP contribution in [0.4, 0.5) is 0 Å². The van der Waals surface area contributed by atoms with Gasteiger partial charge in [-0.2, -0.15) is 5.10 Å². The smallest absolute Gasteiger partial charge is 0.194 e. The monoisotopic (exact) mass is 410 g/mol. The maximum absolute atomic E-state index is 6.02. The molecule has 0 aliphatic carbocycles. The molecule has 1 aliphatic heterocycles. The zero-order chi connectivity index (χ0) is 19.2. The molecule has 1 N–H and O–H groups in total. The largest absolute Gasteiger partial charge is 0.493 e. The third kappa shape index (κ3) is 5.49. The second-order valence-corrected chi connectivity index (χ2v) is 7.42. The van der Waals surface area contributed by atoms with Crippen molar-refractivity contribution >= 4 is 29.2 Å². The predicted octanol–water partition coefficient (Wildman–Crippen LogP) is 2.99. The van der Waals surface area contributed by atoms with Crippen molar-refractivity contribution in [1.82, 2.24) is 25.0 Å². The van der Waals surface area contributed by atoms with Crippen LogP contribution in [0.2, 0.25) is 10.0 Å². The van der Waals surface area contributed by atoms with Crippen molar-refractivity contribution in [3.63, 3.8) is 0 Å². The number of aliphatic imine (C=N–C) groups is 1. The van der Waals surface area contributed by atoms with E-state index < -0.39 is 0 Å². The number of aromatic nitrogens is 3. The van der Waals surface area contributed by atoms with E-state index in [0.29, 0.717) is 29.1 Å². The molecule has 1 aliphatic rings. The summed E-state index contributed by atoms with van der Waals surface area (Å²) in [5.74, 6) is 2.98. The molecule has 1 fully saturated rings. The summed E-state index contributed by atoms with van der Waals surface area (Å²) in [6.45, 7) is 3.13. The maximum Gasteiger partial charge on any atom is 0.194 e. The van der Waals surface area contributed by atoms with E-state index in [-0.39, 0.29) is 0 Å². The number of nitrogens with one attached hydrogen (secondary N) is 1. The van der Waals surface area contributed by atoms with Gasteiger partial charge in [0, 0.05) is 37.2 Å². The molecule has 0 bridgehead atoms. The second-order valence-electron chi connectivity index (χ2n) is 6.55. The van der Waals surface area contributed by atoms with Gasteiger partial charge in [-0.15, -0.1) is 0 Å². The third-order valence-corrected chi connectivity index (χ3v) is 5.09. The summed E-state index contributed by atoms with van der Waals surface area (Å²) in [7, 11) is 3.68. The molecule has 2 aromatic rings. The van der Waals surface area contributed by atoms with Gasteiger partial charge in [0.15, 0.2) is 5.96 Å². The van der Waals surface area contributed by atoms with E-state index in [1.807, 2.05) is 7.05 Å². The first-order valence-electron chi connectivity index (χ1n) is 8.92. The van der Waals surface area contributed by atoms with Crippen molar-refractivity contribution in [3.05, 3.63) is 40.4 Å². The minimum Gasteiger partial charge on any atom is -0.493 e. The highest BCUT2D eigenvalue weighted by Gasteiger charge is 2.22. The molecule has 0 atom stereocenters. The molecular weight excluding hydrogens is 387 g/mol. The van der Waals surface area contributed by atoms with Crippen molar-refractivity contribution in [2.24, 2.45) is 18.0 Å². The highest BCUT2D eigenvalue weighted by molar-refractivity contribution is 6.34. The van der Waals surface area contributed by atoms with Crippen LogP contribution in [-0.2, 0) is 13.6 Å². The van der Waals surface area contributed by atoms with Crippen LogP contribution in [0.15, 0.2) is 29.5 Å². The molecule has 146 valence electrons. The molecular formula is C18H24Cl2N6O. The molecule has 0 saturated carbocycles. The lowest BCUT2D eigenvalue weighted by Crippen LogP contribution is -2.46. The van der Waals surface area contributed by atoms with E-state index in [1.165, 1.54) is 0 Å². The Hall–Kier alpha value is -1.99. The zero-order valence-corrected chi connectivity index (χ0v) is 17.0. The average Bonchev–Trinajstić information content (AvgIpc) is 3.06. The summed E-state index contributed by atoms with van der Waals surface area (Å²) in [5.41, 5.74) is 0. The van der Waals surface area contributed by atoms with Gasteiger partial charge < -0.3 is 15.0 Å². The van der Waals surface area contributed by atoms with Gasteiger partial charge in [-0.3, -0.25) is 9.67 Å². The molecule has 2 heterocycles. The summed E-state index contributed by atoms with van der Waals surface area (Å²) in [5, 5.41) is 8.62. The highest BCUT2D eigenvalue weighted by atomic mass is 35.5. The lowest BCUT2D eigenvalue weighted by Gasteiger charge is -2.34. The first-order valence-corrected chi connectivity index (χ1v) is 9.68. The number of benzene rings is 1. The number of piperidine rings is 1. The van der Waals surface area contributed by atoms with E-state index in [9.17, 15) is 0 Å². The van der Waals surface area contributed by atoms with Crippen molar-refractivity contribution in [3.8, 4) is 5.75 Å². The molecule has 0 spiro atoms. The SMILES string of the molecule is CN=C(NCc1ncnn1C)N1CCC(COc2cc(Cl)cc(Cl)c2)CC1. The van der Waals surface area contributed by atoms with Gasteiger partial charge in [0.05, 0.1) is 13.2 Å². The van der Waals surface area contributed by atoms with Gasteiger partial charge in [0.25, 0.3) is 0 Å². The Morgan fingerprint density at radius 1 is 1.26 bits per heavy atom. The highest BCUT2D eigenvalue weighted by Crippen LogP contribution is 2.26. The van der Waals surface area contributed by atoms with Crippen LogP contribution in [0, 0.1) is 5.92 Å². The molecule has 0 amide bonds. The Morgan fingerprint density at radius 2 is 1.96 bits per heavy atom. The molecule has 9 heteroatoms. The predicted molar refractivity (Wildman–Crippen MR) is 107 cm³/mol. The molecule has 27 heavy (non-hydrogen) atoms. The molecule has 0 radical (unpaired) electrons. The standard InChI is InChI=1S/C18H24Cl2N6O/c1-21-18(22-10-17-23-12-24-25(17)2)26-5-3-13(4-6-26)11-27-16-8-14(19)7-15(20)9-16/h7-9,12-13H,3-6,10-11H2,1-2H3,(H,21,22). The minimum atomic E-state index is 0.496. The number of nitrogens with zero attached hydrogens (tertiary/aromatic N) is 5. The van der Waals surface area contributed by atoms with Gasteiger partial charge in [-0.25, -0.2) is 4.98 Å². The summed E-state index contributed by atoms with van der Waals surface area (Å²) in [6.07, 6.45) is 3.64. The van der Waals surface area contributed by atoms with Gasteiger partial charge >= 0.3 is 0 Å². The van der Waals surface area contributed by atoms with Crippen molar-refractivity contribution in [2.75, 3.05) is 26.7 Å². The van der Waals surface area contributed by atoms with Crippen LogP contribution < -0.4 is 10.1 Å². The first-order chi connectivity index (χ1) is 13.0. The number of ether oxygens (including phenoxy) is 1. The van der Waals surface area contributed by atoms with Crippen molar-refractivity contribution < 1.29 is 4.74 Å². The Kier molecular flexibility index (Phi) is 6.79. The lowest BCUT2D eigenvalue weighted by atomic mass is 9.98. The number of halogens is 2. The van der Waals surface area contributed by atoms with Gasteiger partial charge in [0.2, 0.25) is 0 Å². The number of hydrogen-bond donors (Lipinski definition) is 1. The van der Waals surface area contributed by atoms with Crippen molar-refractivity contribution in [1.29, 1.82) is 0 Å². The Morgan fingerprint density at radius 3 is 2.56 bits per heavy atom. The van der Waals surface area contributed by atoms with Crippen LogP contribution in [0.25, 0.3) is 0 Å². The quantitative estimate of drug-likeness (QED) is 0.605. The number of hydrogen-bond acceptors (Lipinski definition) is 4. The number of guanidine groups is 1. The number of rotatable bonds is 5. The minimum absolute atomic E-state index is 0.496. The van der Waals surface area contributed by atoms with E-state index in [1.54, 1.807) is 36.3 Å². The fourth-order valence-corrected chi connectivity index (χ4v) is 3.61. The van der Waals surface area contributed by atoms with E-state index in [4.69, 9.17) is 27.9 Å². The lowest BCUT2D eigenvalue weighted by molar-refractivity contribution is 0.179. The molecule has 0 unspecified atom stereocenters. The first kappa shape index (κ1) is 19.8. The summed E-state index contributed by atoms with van der Waals surface area (Å²) < 4.78 is 7.64. The Bertz CT molecular complexity index is 766. The van der Waals surface area contributed by atoms with Crippen molar-refractivity contribution in [2.45, 2.75) is 19.4 Å². The summed E-state index contributed by atoms with van der Waals surface area (Å²) in [4.78, 5) is 10.9. The Labute approximate surface area is 169 Å². The van der Waals surface area contributed by atoms with Gasteiger partial charge in [-0.1, -0.05) is 23.2 Å². The maximum atomic E-state index is 6.02. The van der Waals surface area contributed by atoms with Crippen LogP contribution in [0.5, 0.6) is 5.75 Å². The second kappa shape index (κ2) is 9.28. The fourth-order valence-electron chi connectivity index (χ4n) is 3.11. The molecule has 1 aromatic carbocycles.